The van der Waals surface area contributed by atoms with Crippen molar-refractivity contribution in [1.29, 1.82) is 0 Å². The van der Waals surface area contributed by atoms with Crippen LogP contribution in [0.15, 0.2) is 30.7 Å². The molecule has 1 fully saturated rings. The molecule has 6 heteroatoms. The average molecular weight is 326 g/mol. The quantitative estimate of drug-likeness (QED) is 0.693. The van der Waals surface area contributed by atoms with Crippen LogP contribution in [0.2, 0.25) is 0 Å². The van der Waals surface area contributed by atoms with Gasteiger partial charge in [0, 0.05) is 19.3 Å². The number of aromatic amines is 1. The highest BCUT2D eigenvalue weighted by atomic mass is 16.5. The lowest BCUT2D eigenvalue weighted by Gasteiger charge is -2.31. The Morgan fingerprint density at radius 3 is 3.08 bits per heavy atom. The monoisotopic (exact) mass is 326 g/mol. The summed E-state index contributed by atoms with van der Waals surface area (Å²) in [7, 11) is 0. The number of nitrogens with zero attached hydrogens (tertiary/aromatic N) is 3. The molecule has 3 heterocycles. The van der Waals surface area contributed by atoms with E-state index in [2.05, 4.69) is 38.9 Å². The summed E-state index contributed by atoms with van der Waals surface area (Å²) in [6.07, 6.45) is 7.91. The van der Waals surface area contributed by atoms with Crippen molar-refractivity contribution in [2.45, 2.75) is 13.8 Å². The van der Waals surface area contributed by atoms with Crippen LogP contribution in [-0.2, 0) is 9.53 Å². The number of aromatic nitrogens is 3. The molecular weight excluding hydrogens is 304 g/mol. The Morgan fingerprint density at radius 2 is 2.25 bits per heavy atom. The van der Waals surface area contributed by atoms with Gasteiger partial charge in [0.15, 0.2) is 0 Å². The van der Waals surface area contributed by atoms with E-state index < -0.39 is 0 Å². The first-order valence-electron chi connectivity index (χ1n) is 8.57. The number of hydrogen-bond donors (Lipinski definition) is 1. The van der Waals surface area contributed by atoms with E-state index in [-0.39, 0.29) is 23.7 Å². The lowest BCUT2D eigenvalue weighted by molar-refractivity contribution is -0.151. The van der Waals surface area contributed by atoms with Crippen LogP contribution in [0.4, 0.5) is 5.82 Å². The molecule has 2 aromatic heterocycles. The second kappa shape index (κ2) is 5.92. The number of nitrogens with one attached hydrogen (secondary N) is 1. The third-order valence-corrected chi connectivity index (χ3v) is 5.29. The number of ether oxygens (including phenoxy) is 1. The van der Waals surface area contributed by atoms with Crippen molar-refractivity contribution in [3.63, 3.8) is 0 Å². The molecule has 6 nitrogen and oxygen atoms in total. The van der Waals surface area contributed by atoms with Crippen molar-refractivity contribution in [2.24, 2.45) is 23.7 Å². The van der Waals surface area contributed by atoms with Crippen molar-refractivity contribution < 1.29 is 9.53 Å². The maximum absolute atomic E-state index is 12.5. The minimum Gasteiger partial charge on any atom is -0.466 e. The Kier molecular flexibility index (Phi) is 3.75. The summed E-state index contributed by atoms with van der Waals surface area (Å²) < 4.78 is 5.34. The zero-order valence-electron chi connectivity index (χ0n) is 14.0. The van der Waals surface area contributed by atoms with Crippen LogP contribution in [0.5, 0.6) is 0 Å². The number of anilines is 1. The molecule has 24 heavy (non-hydrogen) atoms. The number of H-pyrrole nitrogens is 1. The highest BCUT2D eigenvalue weighted by molar-refractivity contribution is 5.87. The Bertz CT molecular complexity index is 784. The van der Waals surface area contributed by atoms with E-state index in [0.717, 1.165) is 29.9 Å². The summed E-state index contributed by atoms with van der Waals surface area (Å²) in [4.78, 5) is 26.6. The van der Waals surface area contributed by atoms with Crippen LogP contribution in [0.3, 0.4) is 0 Å². The van der Waals surface area contributed by atoms with Crippen LogP contribution < -0.4 is 4.90 Å². The van der Waals surface area contributed by atoms with Crippen LogP contribution >= 0.6 is 0 Å². The van der Waals surface area contributed by atoms with E-state index in [1.54, 1.807) is 6.33 Å². The Hall–Kier alpha value is -2.37. The first-order chi connectivity index (χ1) is 11.7. The van der Waals surface area contributed by atoms with E-state index in [1.165, 1.54) is 0 Å². The van der Waals surface area contributed by atoms with Gasteiger partial charge in [0.1, 0.15) is 17.8 Å². The number of allylic oxidation sites excluding steroid dienone is 1. The smallest absolute Gasteiger partial charge is 0.309 e. The fourth-order valence-electron chi connectivity index (χ4n) is 4.18. The van der Waals surface area contributed by atoms with Gasteiger partial charge in [-0.3, -0.25) is 4.79 Å². The van der Waals surface area contributed by atoms with E-state index in [9.17, 15) is 4.79 Å². The maximum Gasteiger partial charge on any atom is 0.309 e. The molecule has 0 unspecified atom stereocenters. The van der Waals surface area contributed by atoms with E-state index >= 15 is 0 Å². The predicted octanol–water partition coefficient (Wildman–Crippen LogP) is 2.40. The fourth-order valence-corrected chi connectivity index (χ4v) is 4.18. The Balaban J connectivity index is 1.64. The van der Waals surface area contributed by atoms with Gasteiger partial charge in [-0.15, -0.1) is 0 Å². The molecule has 0 spiro atoms. The zero-order chi connectivity index (χ0) is 16.7. The first-order valence-corrected chi connectivity index (χ1v) is 8.57. The third-order valence-electron chi connectivity index (χ3n) is 5.29. The molecule has 126 valence electrons. The molecule has 0 amide bonds. The minimum absolute atomic E-state index is 0.0688. The third kappa shape index (κ3) is 2.37. The summed E-state index contributed by atoms with van der Waals surface area (Å²) >= 11 is 0. The van der Waals surface area contributed by atoms with Gasteiger partial charge < -0.3 is 14.6 Å². The van der Waals surface area contributed by atoms with E-state index in [1.807, 2.05) is 19.2 Å². The summed E-state index contributed by atoms with van der Waals surface area (Å²) in [5.74, 6) is 1.64. The fraction of sp³-hybridized carbons (Fsp3) is 0.500. The van der Waals surface area contributed by atoms with Crippen molar-refractivity contribution in [2.75, 3.05) is 24.6 Å². The van der Waals surface area contributed by atoms with Crippen molar-refractivity contribution in [3.8, 4) is 0 Å². The second-order valence-electron chi connectivity index (χ2n) is 6.69. The standard InChI is InChI=1S/C18H22N4O2/c1-3-24-18(23)15-11(2)4-5-12-8-22(9-14(12)15)17-13-6-7-19-16(13)20-10-21-17/h4-7,10-12,14-15H,3,8-9H2,1-2H3,(H,19,20,21)/t11-,12-,14-,15-/m0/s1. The molecule has 2 aromatic rings. The number of esters is 1. The summed E-state index contributed by atoms with van der Waals surface area (Å²) in [5, 5.41) is 1.03. The van der Waals surface area contributed by atoms with Crippen molar-refractivity contribution >= 4 is 22.8 Å². The SMILES string of the molecule is CCOC(=O)[C@@H]1[C@H]2CN(c3ncnc4[nH]ccc34)C[C@@H]2C=C[C@@H]1C. The molecular formula is C18H22N4O2. The number of hydrogen-bond acceptors (Lipinski definition) is 5. The van der Waals surface area contributed by atoms with Crippen LogP contribution in [0, 0.1) is 23.7 Å². The van der Waals surface area contributed by atoms with Crippen molar-refractivity contribution in [3.05, 3.63) is 30.7 Å². The normalized spacial score (nSPS) is 29.0. The number of carbonyl (C=O) groups excluding carboxylic acids is 1. The van der Waals surface area contributed by atoms with Crippen LogP contribution in [-0.4, -0.2) is 40.6 Å². The first kappa shape index (κ1) is 15.2. The molecule has 0 radical (unpaired) electrons. The molecule has 4 atom stereocenters. The molecule has 2 aliphatic rings. The van der Waals surface area contributed by atoms with Gasteiger partial charge in [0.05, 0.1) is 17.9 Å². The van der Waals surface area contributed by atoms with Gasteiger partial charge in [0.2, 0.25) is 0 Å². The van der Waals surface area contributed by atoms with Gasteiger partial charge in [-0.2, -0.15) is 0 Å². The molecule has 1 saturated heterocycles. The molecule has 1 aliphatic heterocycles. The largest absolute Gasteiger partial charge is 0.466 e. The van der Waals surface area contributed by atoms with Gasteiger partial charge in [-0.1, -0.05) is 19.1 Å². The highest BCUT2D eigenvalue weighted by Gasteiger charge is 2.45. The van der Waals surface area contributed by atoms with E-state index in [0.29, 0.717) is 12.5 Å². The van der Waals surface area contributed by atoms with Gasteiger partial charge >= 0.3 is 5.97 Å². The molecule has 0 aromatic carbocycles. The lowest BCUT2D eigenvalue weighted by Crippen LogP contribution is -2.37. The highest BCUT2D eigenvalue weighted by Crippen LogP contribution is 2.41. The topological polar surface area (TPSA) is 71.1 Å². The lowest BCUT2D eigenvalue weighted by atomic mass is 9.72. The second-order valence-corrected chi connectivity index (χ2v) is 6.69. The molecule has 4 rings (SSSR count). The van der Waals surface area contributed by atoms with Gasteiger partial charge in [0.25, 0.3) is 0 Å². The maximum atomic E-state index is 12.5. The molecule has 0 bridgehead atoms. The Labute approximate surface area is 140 Å². The zero-order valence-corrected chi connectivity index (χ0v) is 14.0. The molecule has 0 saturated carbocycles. The van der Waals surface area contributed by atoms with Crippen molar-refractivity contribution in [1.82, 2.24) is 15.0 Å². The summed E-state index contributed by atoms with van der Waals surface area (Å²) in [6, 6.07) is 2.01. The summed E-state index contributed by atoms with van der Waals surface area (Å²) in [5.41, 5.74) is 0.848. The van der Waals surface area contributed by atoms with E-state index in [4.69, 9.17) is 4.74 Å². The van der Waals surface area contributed by atoms with Gasteiger partial charge in [-0.25, -0.2) is 9.97 Å². The number of fused-ring (bicyclic) bond motifs is 2. The number of rotatable bonds is 3. The molecule has 1 aliphatic carbocycles. The average Bonchev–Trinajstić information content (AvgIpc) is 3.20. The molecule has 1 N–H and O–H groups in total. The minimum atomic E-state index is -0.0755. The Morgan fingerprint density at radius 1 is 1.38 bits per heavy atom. The van der Waals surface area contributed by atoms with Gasteiger partial charge in [-0.05, 0) is 30.7 Å². The predicted molar refractivity (Wildman–Crippen MR) is 91.5 cm³/mol. The van der Waals surface area contributed by atoms with Crippen LogP contribution in [0.1, 0.15) is 13.8 Å². The van der Waals surface area contributed by atoms with Crippen LogP contribution in [0.25, 0.3) is 11.0 Å². The number of carbonyl (C=O) groups is 1. The summed E-state index contributed by atoms with van der Waals surface area (Å²) in [6.45, 7) is 6.10.